The van der Waals surface area contributed by atoms with Crippen LogP contribution in [0.5, 0.6) is 0 Å². The second-order valence-electron chi connectivity index (χ2n) is 8.65. The van der Waals surface area contributed by atoms with Crippen molar-refractivity contribution in [1.82, 2.24) is 9.88 Å². The molecule has 0 unspecified atom stereocenters. The van der Waals surface area contributed by atoms with E-state index >= 15 is 0 Å². The van der Waals surface area contributed by atoms with Crippen LogP contribution in [0.4, 0.5) is 5.82 Å². The first-order valence-electron chi connectivity index (χ1n) is 11.3. The van der Waals surface area contributed by atoms with Crippen molar-refractivity contribution in [2.45, 2.75) is 84.1 Å². The first kappa shape index (κ1) is 23.2. The summed E-state index contributed by atoms with van der Waals surface area (Å²) in [5, 5.41) is 3.62. The van der Waals surface area contributed by atoms with E-state index in [-0.39, 0.29) is 5.91 Å². The van der Waals surface area contributed by atoms with E-state index in [1.807, 2.05) is 17.0 Å². The summed E-state index contributed by atoms with van der Waals surface area (Å²) in [4.78, 5) is 19.4. The Labute approximate surface area is 177 Å². The quantitative estimate of drug-likeness (QED) is 0.311. The van der Waals surface area contributed by atoms with Gasteiger partial charge in [0, 0.05) is 25.3 Å². The van der Waals surface area contributed by atoms with E-state index in [0.717, 1.165) is 70.3 Å². The standard InChI is InChI=1S/C25H39N3O/c1-20(2)12-5-7-14-22(15-8-6-13-21(3)4)27-24-23(16-11-17-26-24)25(29)28-18-9-10-19-28/h11,16-17,22H,1,3,5-10,12-15,18-19H2,2,4H3,(H,26,27). The molecule has 0 saturated carbocycles. The molecule has 1 aromatic rings. The molecule has 1 aliphatic rings. The van der Waals surface area contributed by atoms with Crippen molar-refractivity contribution in [3.63, 3.8) is 0 Å². The summed E-state index contributed by atoms with van der Waals surface area (Å²) in [6.07, 6.45) is 13.0. The smallest absolute Gasteiger partial charge is 0.257 e. The van der Waals surface area contributed by atoms with Crippen LogP contribution in [-0.2, 0) is 0 Å². The zero-order valence-electron chi connectivity index (χ0n) is 18.5. The molecule has 0 bridgehead atoms. The number of amides is 1. The zero-order chi connectivity index (χ0) is 21.1. The molecule has 1 N–H and O–H groups in total. The van der Waals surface area contributed by atoms with E-state index in [2.05, 4.69) is 37.3 Å². The molecule has 1 saturated heterocycles. The molecule has 1 aromatic heterocycles. The SMILES string of the molecule is C=C(C)CCCCC(CCCCC(=C)C)Nc1ncccc1C(=O)N1CCCC1. The number of anilines is 1. The molecule has 1 fully saturated rings. The third-order valence-electron chi connectivity index (χ3n) is 5.58. The Balaban J connectivity index is 2.00. The van der Waals surface area contributed by atoms with Crippen LogP contribution in [0, 0.1) is 0 Å². The average Bonchev–Trinajstić information content (AvgIpc) is 3.22. The predicted molar refractivity (Wildman–Crippen MR) is 123 cm³/mol. The van der Waals surface area contributed by atoms with E-state index in [1.54, 1.807) is 6.20 Å². The molecule has 0 aromatic carbocycles. The lowest BCUT2D eigenvalue weighted by atomic mass is 9.99. The number of carbonyl (C=O) groups excluding carboxylic acids is 1. The topological polar surface area (TPSA) is 45.2 Å². The molecule has 0 aliphatic carbocycles. The van der Waals surface area contributed by atoms with Gasteiger partial charge in [-0.3, -0.25) is 4.79 Å². The van der Waals surface area contributed by atoms with E-state index in [4.69, 9.17) is 0 Å². The summed E-state index contributed by atoms with van der Waals surface area (Å²) in [5.74, 6) is 0.857. The van der Waals surface area contributed by atoms with Crippen molar-refractivity contribution in [1.29, 1.82) is 0 Å². The summed E-state index contributed by atoms with van der Waals surface area (Å²) < 4.78 is 0. The largest absolute Gasteiger partial charge is 0.367 e. The number of hydrogen-bond acceptors (Lipinski definition) is 3. The van der Waals surface area contributed by atoms with Gasteiger partial charge in [0.25, 0.3) is 5.91 Å². The Bertz CT molecular complexity index is 654. The fourth-order valence-corrected chi connectivity index (χ4v) is 3.90. The van der Waals surface area contributed by atoms with Gasteiger partial charge in [0.15, 0.2) is 0 Å². The average molecular weight is 398 g/mol. The van der Waals surface area contributed by atoms with Gasteiger partial charge in [-0.25, -0.2) is 4.98 Å². The molecule has 29 heavy (non-hydrogen) atoms. The highest BCUT2D eigenvalue weighted by atomic mass is 16.2. The Hall–Kier alpha value is -2.10. The van der Waals surface area contributed by atoms with Crippen molar-refractivity contribution < 1.29 is 4.79 Å². The Morgan fingerprint density at radius 1 is 1.07 bits per heavy atom. The molecule has 160 valence electrons. The third kappa shape index (κ3) is 8.43. The lowest BCUT2D eigenvalue weighted by molar-refractivity contribution is 0.0793. The van der Waals surface area contributed by atoms with Gasteiger partial charge in [-0.1, -0.05) is 24.0 Å². The number of carbonyl (C=O) groups is 1. The highest BCUT2D eigenvalue weighted by molar-refractivity contribution is 5.98. The highest BCUT2D eigenvalue weighted by Gasteiger charge is 2.23. The predicted octanol–water partition coefficient (Wildman–Crippen LogP) is 6.37. The molecule has 2 rings (SSSR count). The number of hydrogen-bond donors (Lipinski definition) is 1. The lowest BCUT2D eigenvalue weighted by Crippen LogP contribution is -2.30. The first-order valence-corrected chi connectivity index (χ1v) is 11.3. The molecule has 0 radical (unpaired) electrons. The second-order valence-corrected chi connectivity index (χ2v) is 8.65. The van der Waals surface area contributed by atoms with Crippen LogP contribution in [0.15, 0.2) is 42.6 Å². The number of rotatable bonds is 13. The Morgan fingerprint density at radius 3 is 2.21 bits per heavy atom. The van der Waals surface area contributed by atoms with Crippen molar-refractivity contribution in [2.75, 3.05) is 18.4 Å². The van der Waals surface area contributed by atoms with Crippen LogP contribution in [-0.4, -0.2) is 34.9 Å². The van der Waals surface area contributed by atoms with Crippen LogP contribution in [0.1, 0.15) is 88.4 Å². The van der Waals surface area contributed by atoms with Crippen LogP contribution < -0.4 is 5.32 Å². The van der Waals surface area contributed by atoms with Crippen molar-refractivity contribution in [3.8, 4) is 0 Å². The summed E-state index contributed by atoms with van der Waals surface area (Å²) in [6, 6.07) is 4.11. The molecule has 2 heterocycles. The highest BCUT2D eigenvalue weighted by Crippen LogP contribution is 2.22. The number of pyridine rings is 1. The Kier molecular flexibility index (Phi) is 9.96. The Morgan fingerprint density at radius 2 is 1.66 bits per heavy atom. The van der Waals surface area contributed by atoms with Gasteiger partial charge in [-0.05, 0) is 77.3 Å². The monoisotopic (exact) mass is 397 g/mol. The van der Waals surface area contributed by atoms with Gasteiger partial charge in [-0.2, -0.15) is 0 Å². The number of aromatic nitrogens is 1. The second kappa shape index (κ2) is 12.5. The van der Waals surface area contributed by atoms with Gasteiger partial charge in [-0.15, -0.1) is 13.2 Å². The number of nitrogens with zero attached hydrogens (tertiary/aromatic N) is 2. The zero-order valence-corrected chi connectivity index (χ0v) is 18.5. The van der Waals surface area contributed by atoms with Crippen molar-refractivity contribution in [3.05, 3.63) is 48.2 Å². The minimum Gasteiger partial charge on any atom is -0.367 e. The summed E-state index contributed by atoms with van der Waals surface area (Å²) in [5.41, 5.74) is 3.21. The maximum atomic E-state index is 12.9. The molecule has 0 spiro atoms. The molecule has 0 atom stereocenters. The summed E-state index contributed by atoms with van der Waals surface area (Å²) in [7, 11) is 0. The van der Waals surface area contributed by atoms with Gasteiger partial charge in [0.05, 0.1) is 5.56 Å². The molecular formula is C25H39N3O. The maximum absolute atomic E-state index is 12.9. The van der Waals surface area contributed by atoms with Crippen LogP contribution in [0.3, 0.4) is 0 Å². The normalized spacial score (nSPS) is 13.7. The van der Waals surface area contributed by atoms with E-state index in [1.165, 1.54) is 24.0 Å². The minimum absolute atomic E-state index is 0.112. The van der Waals surface area contributed by atoms with Crippen LogP contribution in [0.25, 0.3) is 0 Å². The molecule has 4 heteroatoms. The fraction of sp³-hybridized carbons (Fsp3) is 0.600. The lowest BCUT2D eigenvalue weighted by Gasteiger charge is -2.23. The van der Waals surface area contributed by atoms with Crippen molar-refractivity contribution >= 4 is 11.7 Å². The first-order chi connectivity index (χ1) is 14.0. The van der Waals surface area contributed by atoms with Crippen LogP contribution >= 0.6 is 0 Å². The minimum atomic E-state index is 0.112. The molecule has 1 aliphatic heterocycles. The van der Waals surface area contributed by atoms with Gasteiger partial charge in [0.1, 0.15) is 5.82 Å². The summed E-state index contributed by atoms with van der Waals surface area (Å²) in [6.45, 7) is 13.9. The van der Waals surface area contributed by atoms with E-state index in [0.29, 0.717) is 11.6 Å². The van der Waals surface area contributed by atoms with Crippen LogP contribution in [0.2, 0.25) is 0 Å². The van der Waals surface area contributed by atoms with Gasteiger partial charge in [0.2, 0.25) is 0 Å². The molecule has 1 amide bonds. The van der Waals surface area contributed by atoms with E-state index < -0.39 is 0 Å². The van der Waals surface area contributed by atoms with E-state index in [9.17, 15) is 4.79 Å². The molecular weight excluding hydrogens is 358 g/mol. The van der Waals surface area contributed by atoms with Gasteiger partial charge < -0.3 is 10.2 Å². The maximum Gasteiger partial charge on any atom is 0.257 e. The summed E-state index contributed by atoms with van der Waals surface area (Å²) >= 11 is 0. The van der Waals surface area contributed by atoms with Crippen molar-refractivity contribution in [2.24, 2.45) is 0 Å². The number of allylic oxidation sites excluding steroid dienone is 2. The molecule has 4 nitrogen and oxygen atoms in total. The number of unbranched alkanes of at least 4 members (excludes halogenated alkanes) is 2. The fourth-order valence-electron chi connectivity index (χ4n) is 3.90. The third-order valence-corrected chi connectivity index (χ3v) is 5.58. The van der Waals surface area contributed by atoms with Gasteiger partial charge >= 0.3 is 0 Å². The number of likely N-dealkylation sites (tertiary alicyclic amines) is 1. The number of nitrogens with one attached hydrogen (secondary N) is 1.